The van der Waals surface area contributed by atoms with Crippen molar-refractivity contribution < 1.29 is 8.42 Å². The molecule has 5 nitrogen and oxygen atoms in total. The molecule has 0 aliphatic rings. The van der Waals surface area contributed by atoms with E-state index in [1.807, 2.05) is 0 Å². The summed E-state index contributed by atoms with van der Waals surface area (Å²) in [7, 11) is -3.23. The van der Waals surface area contributed by atoms with Crippen molar-refractivity contribution in [2.45, 2.75) is 4.90 Å². The molecule has 0 saturated carbocycles. The predicted octanol–water partition coefficient (Wildman–Crippen LogP) is 3.64. The summed E-state index contributed by atoms with van der Waals surface area (Å²) in [6.45, 7) is 0. The minimum atomic E-state index is -3.23. The van der Waals surface area contributed by atoms with Crippen LogP contribution in [-0.2, 0) is 9.84 Å². The number of hydrogen-bond acceptors (Lipinski definition) is 4. The number of rotatable bonds is 3. The lowest BCUT2D eigenvalue weighted by atomic mass is 10.2. The maximum atomic E-state index is 11.5. The summed E-state index contributed by atoms with van der Waals surface area (Å²) in [5.74, 6) is 0. The van der Waals surface area contributed by atoms with Crippen LogP contribution in [-0.4, -0.2) is 29.2 Å². The van der Waals surface area contributed by atoms with Gasteiger partial charge in [-0.15, -0.1) is 0 Å². The van der Waals surface area contributed by atoms with Gasteiger partial charge in [0.05, 0.1) is 23.1 Å². The zero-order valence-corrected chi connectivity index (χ0v) is 14.3. The van der Waals surface area contributed by atoms with Crippen molar-refractivity contribution in [1.29, 1.82) is 0 Å². The van der Waals surface area contributed by atoms with Crippen molar-refractivity contribution in [1.82, 2.24) is 14.5 Å². The van der Waals surface area contributed by atoms with Crippen molar-refractivity contribution in [3.05, 3.63) is 59.2 Å². The zero-order valence-electron chi connectivity index (χ0n) is 11.9. The molecule has 1 aromatic carbocycles. The van der Waals surface area contributed by atoms with Crippen LogP contribution in [0.2, 0.25) is 10.3 Å². The number of halogens is 2. The Hall–Kier alpha value is -1.89. The fourth-order valence-corrected chi connectivity index (χ4v) is 3.23. The predicted molar refractivity (Wildman–Crippen MR) is 89.9 cm³/mol. The monoisotopic (exact) mass is 367 g/mol. The van der Waals surface area contributed by atoms with E-state index in [9.17, 15) is 8.42 Å². The molecule has 0 radical (unpaired) electrons. The van der Waals surface area contributed by atoms with Gasteiger partial charge in [-0.05, 0) is 36.4 Å². The summed E-state index contributed by atoms with van der Waals surface area (Å²) in [4.78, 5) is 8.41. The Labute approximate surface area is 143 Å². The molecule has 2 heterocycles. The first-order valence-electron chi connectivity index (χ1n) is 6.51. The Morgan fingerprint density at radius 3 is 2.35 bits per heavy atom. The molecule has 0 N–H and O–H groups in total. The minimum absolute atomic E-state index is 0.258. The lowest BCUT2D eigenvalue weighted by molar-refractivity contribution is 0.602. The molecule has 0 unspecified atom stereocenters. The number of nitrogens with zero attached hydrogens (tertiary/aromatic N) is 3. The van der Waals surface area contributed by atoms with Crippen LogP contribution in [0.15, 0.2) is 53.8 Å². The van der Waals surface area contributed by atoms with Gasteiger partial charge in [-0.3, -0.25) is 4.57 Å². The Kier molecular flexibility index (Phi) is 4.14. The average Bonchev–Trinajstić information content (AvgIpc) is 2.95. The van der Waals surface area contributed by atoms with E-state index in [0.717, 1.165) is 11.4 Å². The molecule has 3 aromatic rings. The summed E-state index contributed by atoms with van der Waals surface area (Å²) in [6.07, 6.45) is 4.45. The smallest absolute Gasteiger partial charge is 0.175 e. The van der Waals surface area contributed by atoms with Crippen molar-refractivity contribution in [2.24, 2.45) is 0 Å². The molecule has 0 fully saturated rings. The molecule has 0 aliphatic carbocycles. The van der Waals surface area contributed by atoms with Crippen LogP contribution in [0.3, 0.4) is 0 Å². The van der Waals surface area contributed by atoms with Crippen molar-refractivity contribution in [2.75, 3.05) is 6.26 Å². The molecule has 0 bridgehead atoms. The first-order valence-corrected chi connectivity index (χ1v) is 9.16. The van der Waals surface area contributed by atoms with Gasteiger partial charge in [0.15, 0.2) is 9.84 Å². The van der Waals surface area contributed by atoms with Gasteiger partial charge in [-0.25, -0.2) is 18.4 Å². The number of benzene rings is 1. The second-order valence-corrected chi connectivity index (χ2v) is 7.65. The SMILES string of the molecule is CS(=O)(=O)c1ccc(-n2cncc2-c2ccc(Cl)nc2Cl)cc1. The van der Waals surface area contributed by atoms with E-state index in [2.05, 4.69) is 9.97 Å². The van der Waals surface area contributed by atoms with E-state index in [4.69, 9.17) is 23.2 Å². The van der Waals surface area contributed by atoms with Crippen molar-refractivity contribution >= 4 is 33.0 Å². The van der Waals surface area contributed by atoms with Crippen LogP contribution in [0, 0.1) is 0 Å². The van der Waals surface area contributed by atoms with Gasteiger partial charge in [0, 0.05) is 17.5 Å². The van der Waals surface area contributed by atoms with E-state index in [1.165, 1.54) is 6.26 Å². The number of imidazole rings is 1. The van der Waals surface area contributed by atoms with Gasteiger partial charge < -0.3 is 0 Å². The topological polar surface area (TPSA) is 64.8 Å². The largest absolute Gasteiger partial charge is 0.299 e. The zero-order chi connectivity index (χ0) is 16.6. The van der Waals surface area contributed by atoms with E-state index in [-0.39, 0.29) is 10.0 Å². The van der Waals surface area contributed by atoms with Crippen LogP contribution in [0.4, 0.5) is 0 Å². The van der Waals surface area contributed by atoms with Gasteiger partial charge >= 0.3 is 0 Å². The number of hydrogen-bond donors (Lipinski definition) is 0. The van der Waals surface area contributed by atoms with E-state index in [0.29, 0.717) is 10.7 Å². The summed E-state index contributed by atoms with van der Waals surface area (Å²) in [6, 6.07) is 9.92. The highest BCUT2D eigenvalue weighted by Crippen LogP contribution is 2.29. The molecular weight excluding hydrogens is 357 g/mol. The molecule has 0 aliphatic heterocycles. The Morgan fingerprint density at radius 1 is 1.04 bits per heavy atom. The van der Waals surface area contributed by atoms with Crippen LogP contribution in [0.5, 0.6) is 0 Å². The molecular formula is C15H11Cl2N3O2S. The number of aromatic nitrogens is 3. The normalized spacial score (nSPS) is 11.6. The molecule has 0 amide bonds. The van der Waals surface area contributed by atoms with Gasteiger partial charge in [-0.2, -0.15) is 0 Å². The molecule has 0 atom stereocenters. The van der Waals surface area contributed by atoms with Crippen LogP contribution in [0.25, 0.3) is 16.9 Å². The Bertz CT molecular complexity index is 967. The summed E-state index contributed by atoms with van der Waals surface area (Å²) >= 11 is 12.0. The highest BCUT2D eigenvalue weighted by Gasteiger charge is 2.13. The van der Waals surface area contributed by atoms with Crippen LogP contribution >= 0.6 is 23.2 Å². The molecule has 0 saturated heterocycles. The van der Waals surface area contributed by atoms with Crippen LogP contribution in [0.1, 0.15) is 0 Å². The van der Waals surface area contributed by atoms with Gasteiger partial charge in [0.1, 0.15) is 10.3 Å². The summed E-state index contributed by atoms with van der Waals surface area (Å²) in [5.41, 5.74) is 2.17. The first kappa shape index (κ1) is 16.0. The molecule has 3 rings (SSSR count). The number of pyridine rings is 1. The highest BCUT2D eigenvalue weighted by molar-refractivity contribution is 7.90. The Balaban J connectivity index is 2.08. The molecule has 23 heavy (non-hydrogen) atoms. The molecule has 118 valence electrons. The minimum Gasteiger partial charge on any atom is -0.299 e. The first-order chi connectivity index (χ1) is 10.9. The summed E-state index contributed by atoms with van der Waals surface area (Å²) < 4.78 is 24.9. The third kappa shape index (κ3) is 3.24. The van der Waals surface area contributed by atoms with E-state index < -0.39 is 9.84 Å². The van der Waals surface area contributed by atoms with Crippen molar-refractivity contribution in [3.8, 4) is 16.9 Å². The third-order valence-electron chi connectivity index (χ3n) is 3.27. The highest BCUT2D eigenvalue weighted by atomic mass is 35.5. The fourth-order valence-electron chi connectivity index (χ4n) is 2.16. The molecule has 8 heteroatoms. The Morgan fingerprint density at radius 2 is 1.74 bits per heavy atom. The lowest BCUT2D eigenvalue weighted by Gasteiger charge is -2.10. The van der Waals surface area contributed by atoms with Gasteiger partial charge in [-0.1, -0.05) is 23.2 Å². The lowest BCUT2D eigenvalue weighted by Crippen LogP contribution is -1.99. The second-order valence-electron chi connectivity index (χ2n) is 4.89. The quantitative estimate of drug-likeness (QED) is 0.662. The van der Waals surface area contributed by atoms with Crippen molar-refractivity contribution in [3.63, 3.8) is 0 Å². The molecule has 2 aromatic heterocycles. The third-order valence-corrected chi connectivity index (χ3v) is 4.90. The second kappa shape index (κ2) is 5.96. The number of sulfone groups is 1. The van der Waals surface area contributed by atoms with Crippen LogP contribution < -0.4 is 0 Å². The standard InChI is InChI=1S/C15H11Cl2N3O2S/c1-23(21,22)11-4-2-10(3-5-11)20-9-18-8-13(20)12-6-7-14(16)19-15(12)17/h2-9H,1H3. The maximum absolute atomic E-state index is 11.5. The maximum Gasteiger partial charge on any atom is 0.175 e. The average molecular weight is 368 g/mol. The van der Waals surface area contributed by atoms with Gasteiger partial charge in [0.25, 0.3) is 0 Å². The summed E-state index contributed by atoms with van der Waals surface area (Å²) in [5, 5.41) is 0.578. The molecule has 0 spiro atoms. The van der Waals surface area contributed by atoms with E-state index in [1.54, 1.807) is 53.5 Å². The fraction of sp³-hybridized carbons (Fsp3) is 0.0667. The van der Waals surface area contributed by atoms with Gasteiger partial charge in [0.2, 0.25) is 0 Å². The van der Waals surface area contributed by atoms with E-state index >= 15 is 0 Å².